The molecule has 1 aromatic heterocycles. The molecule has 1 unspecified atom stereocenters. The summed E-state index contributed by atoms with van der Waals surface area (Å²) in [6.07, 6.45) is 3.30. The van der Waals surface area contributed by atoms with Crippen molar-refractivity contribution in [3.63, 3.8) is 0 Å². The van der Waals surface area contributed by atoms with E-state index in [0.717, 1.165) is 34.8 Å². The molecule has 3 rings (SSSR count). The van der Waals surface area contributed by atoms with Gasteiger partial charge >= 0.3 is 0 Å². The summed E-state index contributed by atoms with van der Waals surface area (Å²) in [7, 11) is 0. The molecule has 1 aliphatic rings. The fourth-order valence-electron chi connectivity index (χ4n) is 2.00. The van der Waals surface area contributed by atoms with Gasteiger partial charge in [-0.1, -0.05) is 0 Å². The van der Waals surface area contributed by atoms with E-state index in [0.29, 0.717) is 0 Å². The Morgan fingerprint density at radius 3 is 2.95 bits per heavy atom. The first-order chi connectivity index (χ1) is 9.33. The number of carbonyl (C=O) groups is 1. The smallest absolute Gasteiger partial charge is 0.242 e. The Bertz CT molecular complexity index is 598. The van der Waals surface area contributed by atoms with E-state index in [1.54, 1.807) is 24.2 Å². The number of amides is 1. The lowest BCUT2D eigenvalue weighted by Gasteiger charge is -2.22. The first-order valence-corrected chi connectivity index (χ1v) is 7.31. The molecule has 1 aromatic carbocycles. The van der Waals surface area contributed by atoms with Crippen molar-refractivity contribution in [2.45, 2.75) is 6.04 Å². The second-order valence-corrected chi connectivity index (χ2v) is 5.48. The summed E-state index contributed by atoms with van der Waals surface area (Å²) in [5.74, 6) is 1.89. The average molecular weight is 274 g/mol. The zero-order valence-corrected chi connectivity index (χ0v) is 11.1. The van der Waals surface area contributed by atoms with Crippen LogP contribution in [0, 0.1) is 0 Å². The van der Waals surface area contributed by atoms with E-state index in [1.807, 2.05) is 18.2 Å². The van der Waals surface area contributed by atoms with Crippen LogP contribution in [0.1, 0.15) is 0 Å². The highest BCUT2D eigenvalue weighted by atomic mass is 32.2. The third-order valence-electron chi connectivity index (χ3n) is 2.98. The minimum Gasteiger partial charge on any atom is -0.325 e. The highest BCUT2D eigenvalue weighted by molar-refractivity contribution is 7.99. The number of benzene rings is 1. The third kappa shape index (κ3) is 2.85. The van der Waals surface area contributed by atoms with Crippen molar-refractivity contribution in [3.8, 4) is 0 Å². The maximum absolute atomic E-state index is 12.1. The Morgan fingerprint density at radius 2 is 2.16 bits per heavy atom. The van der Waals surface area contributed by atoms with Crippen LogP contribution in [0.3, 0.4) is 0 Å². The van der Waals surface area contributed by atoms with Crippen molar-refractivity contribution in [1.82, 2.24) is 15.3 Å². The number of nitrogens with one attached hydrogen (secondary N) is 2. The molecule has 6 heteroatoms. The molecule has 19 heavy (non-hydrogen) atoms. The molecule has 0 radical (unpaired) electrons. The molecular formula is C13H14N4OS. The van der Waals surface area contributed by atoms with Crippen LogP contribution in [0.5, 0.6) is 0 Å². The molecule has 2 aromatic rings. The topological polar surface area (TPSA) is 66.9 Å². The number of fused-ring (bicyclic) bond motifs is 1. The number of rotatable bonds is 2. The number of carbonyl (C=O) groups excluding carboxylic acids is 1. The number of anilines is 1. The summed E-state index contributed by atoms with van der Waals surface area (Å²) in [6, 6.07) is 5.44. The number of aromatic nitrogens is 2. The SMILES string of the molecule is O=C(Nc1ccc2nccnc2c1)C1CSCCN1. The van der Waals surface area contributed by atoms with Crippen LogP contribution in [0.25, 0.3) is 11.0 Å². The molecule has 0 aliphatic carbocycles. The molecule has 0 bridgehead atoms. The summed E-state index contributed by atoms with van der Waals surface area (Å²) < 4.78 is 0. The zero-order chi connectivity index (χ0) is 13.1. The monoisotopic (exact) mass is 274 g/mol. The van der Waals surface area contributed by atoms with E-state index in [2.05, 4.69) is 20.6 Å². The largest absolute Gasteiger partial charge is 0.325 e. The molecule has 1 saturated heterocycles. The van der Waals surface area contributed by atoms with Crippen LogP contribution in [-0.2, 0) is 4.79 Å². The molecule has 0 spiro atoms. The predicted molar refractivity (Wildman–Crippen MR) is 77.3 cm³/mol. The lowest BCUT2D eigenvalue weighted by Crippen LogP contribution is -2.46. The number of thioether (sulfide) groups is 1. The van der Waals surface area contributed by atoms with Crippen LogP contribution >= 0.6 is 11.8 Å². The van der Waals surface area contributed by atoms with Gasteiger partial charge in [-0.25, -0.2) is 0 Å². The molecule has 1 atom stereocenters. The van der Waals surface area contributed by atoms with Crippen molar-refractivity contribution < 1.29 is 4.79 Å². The summed E-state index contributed by atoms with van der Waals surface area (Å²) in [6.45, 7) is 0.881. The first-order valence-electron chi connectivity index (χ1n) is 6.16. The second kappa shape index (κ2) is 5.54. The van der Waals surface area contributed by atoms with Gasteiger partial charge in [0, 0.05) is 36.1 Å². The van der Waals surface area contributed by atoms with Crippen molar-refractivity contribution in [2.75, 3.05) is 23.4 Å². The van der Waals surface area contributed by atoms with Gasteiger partial charge in [-0.3, -0.25) is 14.8 Å². The fourth-order valence-corrected chi connectivity index (χ4v) is 2.94. The first kappa shape index (κ1) is 12.4. The van der Waals surface area contributed by atoms with Crippen LogP contribution in [-0.4, -0.2) is 40.0 Å². The highest BCUT2D eigenvalue weighted by Gasteiger charge is 2.20. The number of hydrogen-bond acceptors (Lipinski definition) is 5. The van der Waals surface area contributed by atoms with Gasteiger partial charge in [-0.05, 0) is 18.2 Å². The molecule has 0 saturated carbocycles. The molecular weight excluding hydrogens is 260 g/mol. The van der Waals surface area contributed by atoms with Crippen LogP contribution in [0.4, 0.5) is 5.69 Å². The second-order valence-electron chi connectivity index (χ2n) is 4.33. The minimum absolute atomic E-state index is 0.00967. The molecule has 5 nitrogen and oxygen atoms in total. The van der Waals surface area contributed by atoms with Gasteiger partial charge in [-0.2, -0.15) is 11.8 Å². The Hall–Kier alpha value is -1.66. The van der Waals surface area contributed by atoms with E-state index in [9.17, 15) is 4.79 Å². The summed E-state index contributed by atoms with van der Waals surface area (Å²) in [5, 5.41) is 6.14. The van der Waals surface area contributed by atoms with E-state index < -0.39 is 0 Å². The maximum Gasteiger partial charge on any atom is 0.242 e. The van der Waals surface area contributed by atoms with E-state index >= 15 is 0 Å². The Balaban J connectivity index is 1.75. The molecule has 2 heterocycles. The number of nitrogens with zero attached hydrogens (tertiary/aromatic N) is 2. The Morgan fingerprint density at radius 1 is 1.32 bits per heavy atom. The van der Waals surface area contributed by atoms with E-state index in [-0.39, 0.29) is 11.9 Å². The lowest BCUT2D eigenvalue weighted by atomic mass is 10.2. The molecule has 1 fully saturated rings. The van der Waals surface area contributed by atoms with Gasteiger partial charge in [0.2, 0.25) is 5.91 Å². The predicted octanol–water partition coefficient (Wildman–Crippen LogP) is 1.27. The average Bonchev–Trinajstić information content (AvgIpc) is 2.48. The molecule has 98 valence electrons. The van der Waals surface area contributed by atoms with E-state index in [4.69, 9.17) is 0 Å². The van der Waals surface area contributed by atoms with Crippen LogP contribution < -0.4 is 10.6 Å². The Kier molecular flexibility index (Phi) is 3.61. The molecule has 1 aliphatic heterocycles. The lowest BCUT2D eigenvalue weighted by molar-refractivity contribution is -0.117. The third-order valence-corrected chi connectivity index (χ3v) is 4.04. The maximum atomic E-state index is 12.1. The normalized spacial score (nSPS) is 19.3. The molecule has 1 amide bonds. The van der Waals surface area contributed by atoms with Gasteiger partial charge in [-0.15, -0.1) is 0 Å². The number of hydrogen-bond donors (Lipinski definition) is 2. The Labute approximate surface area is 115 Å². The van der Waals surface area contributed by atoms with Crippen LogP contribution in [0.2, 0.25) is 0 Å². The minimum atomic E-state index is -0.115. The van der Waals surface area contributed by atoms with Gasteiger partial charge in [0.15, 0.2) is 0 Å². The van der Waals surface area contributed by atoms with Crippen molar-refractivity contribution in [2.24, 2.45) is 0 Å². The van der Waals surface area contributed by atoms with Crippen molar-refractivity contribution in [1.29, 1.82) is 0 Å². The fraction of sp³-hybridized carbons (Fsp3) is 0.308. The van der Waals surface area contributed by atoms with Crippen molar-refractivity contribution >= 4 is 34.4 Å². The van der Waals surface area contributed by atoms with Gasteiger partial charge in [0.1, 0.15) is 0 Å². The van der Waals surface area contributed by atoms with Crippen LogP contribution in [0.15, 0.2) is 30.6 Å². The molecule has 2 N–H and O–H groups in total. The van der Waals surface area contributed by atoms with Gasteiger partial charge in [0.25, 0.3) is 0 Å². The zero-order valence-electron chi connectivity index (χ0n) is 10.3. The summed E-state index contributed by atoms with van der Waals surface area (Å²) in [4.78, 5) is 20.5. The summed E-state index contributed by atoms with van der Waals surface area (Å²) in [5.41, 5.74) is 2.37. The summed E-state index contributed by atoms with van der Waals surface area (Å²) >= 11 is 1.80. The van der Waals surface area contributed by atoms with Crippen molar-refractivity contribution in [3.05, 3.63) is 30.6 Å². The van der Waals surface area contributed by atoms with Gasteiger partial charge < -0.3 is 10.6 Å². The quantitative estimate of drug-likeness (QED) is 0.863. The van der Waals surface area contributed by atoms with E-state index in [1.165, 1.54) is 0 Å². The highest BCUT2D eigenvalue weighted by Crippen LogP contribution is 2.16. The standard InChI is InChI=1S/C13H14N4OS/c18-13(12-8-19-6-5-16-12)17-9-1-2-10-11(7-9)15-4-3-14-10/h1-4,7,12,16H,5-6,8H2,(H,17,18). The van der Waals surface area contributed by atoms with Gasteiger partial charge in [0.05, 0.1) is 17.1 Å².